The molecule has 0 radical (unpaired) electrons. The van der Waals surface area contributed by atoms with Crippen molar-refractivity contribution in [1.29, 1.82) is 0 Å². The van der Waals surface area contributed by atoms with Crippen LogP contribution in [0.2, 0.25) is 0 Å². The lowest BCUT2D eigenvalue weighted by Gasteiger charge is -2.45. The van der Waals surface area contributed by atoms with Gasteiger partial charge in [-0.3, -0.25) is 0 Å². The van der Waals surface area contributed by atoms with Gasteiger partial charge in [0, 0.05) is 0 Å². The monoisotopic (exact) mass is 394 g/mol. The first-order valence-corrected chi connectivity index (χ1v) is 13.4. The van der Waals surface area contributed by atoms with Gasteiger partial charge >= 0.3 is 0 Å². The number of benzene rings is 1. The SMILES string of the molecule is CCCCCCCC1CCC(C2CCC3CC(c4ccccc4)CCC3C2)CC1. The topological polar surface area (TPSA) is 0 Å². The predicted octanol–water partition coefficient (Wildman–Crippen LogP) is 9.15. The molecule has 4 rings (SSSR count). The van der Waals surface area contributed by atoms with Gasteiger partial charge in [0.2, 0.25) is 0 Å². The van der Waals surface area contributed by atoms with E-state index >= 15 is 0 Å². The summed E-state index contributed by atoms with van der Waals surface area (Å²) in [6.45, 7) is 2.32. The summed E-state index contributed by atoms with van der Waals surface area (Å²) in [4.78, 5) is 0. The number of rotatable bonds is 8. The van der Waals surface area contributed by atoms with Gasteiger partial charge in [-0.25, -0.2) is 0 Å². The van der Waals surface area contributed by atoms with Crippen LogP contribution >= 0.6 is 0 Å². The third-order valence-electron chi connectivity index (χ3n) is 9.20. The van der Waals surface area contributed by atoms with Crippen LogP contribution in [0, 0.1) is 29.6 Å². The minimum atomic E-state index is 0.849. The molecule has 0 saturated heterocycles. The Morgan fingerprint density at radius 1 is 0.621 bits per heavy atom. The summed E-state index contributed by atoms with van der Waals surface area (Å²) < 4.78 is 0. The summed E-state index contributed by atoms with van der Waals surface area (Å²) in [7, 11) is 0. The fourth-order valence-electron chi connectivity index (χ4n) is 7.37. The average molecular weight is 395 g/mol. The van der Waals surface area contributed by atoms with Crippen molar-refractivity contribution in [2.45, 2.75) is 116 Å². The van der Waals surface area contributed by atoms with Crippen LogP contribution in [0.15, 0.2) is 30.3 Å². The normalized spacial score (nSPS) is 35.2. The maximum Gasteiger partial charge on any atom is -0.0159 e. The van der Waals surface area contributed by atoms with Crippen molar-refractivity contribution >= 4 is 0 Å². The molecule has 1 aromatic rings. The summed E-state index contributed by atoms with van der Waals surface area (Å²) >= 11 is 0. The first-order chi connectivity index (χ1) is 14.3. The molecule has 0 heterocycles. The van der Waals surface area contributed by atoms with Crippen LogP contribution in [0.3, 0.4) is 0 Å². The van der Waals surface area contributed by atoms with Gasteiger partial charge in [-0.05, 0) is 92.4 Å². The average Bonchev–Trinajstić information content (AvgIpc) is 2.79. The minimum absolute atomic E-state index is 0.849. The molecule has 0 spiro atoms. The number of fused-ring (bicyclic) bond motifs is 1. The first-order valence-electron chi connectivity index (χ1n) is 13.4. The summed E-state index contributed by atoms with van der Waals surface area (Å²) in [5, 5.41) is 0. The Labute approximate surface area is 181 Å². The van der Waals surface area contributed by atoms with Crippen LogP contribution in [0.5, 0.6) is 0 Å². The molecule has 162 valence electrons. The van der Waals surface area contributed by atoms with Gasteiger partial charge in [-0.2, -0.15) is 0 Å². The molecule has 4 atom stereocenters. The molecule has 0 aliphatic heterocycles. The first kappa shape index (κ1) is 21.5. The molecule has 0 aromatic heterocycles. The van der Waals surface area contributed by atoms with Crippen molar-refractivity contribution in [3.63, 3.8) is 0 Å². The lowest BCUT2D eigenvalue weighted by Crippen LogP contribution is -2.34. The second-order valence-electron chi connectivity index (χ2n) is 11.0. The van der Waals surface area contributed by atoms with E-state index in [1.54, 1.807) is 44.1 Å². The van der Waals surface area contributed by atoms with E-state index in [1.807, 2.05) is 0 Å². The lowest BCUT2D eigenvalue weighted by atomic mass is 9.60. The molecule has 4 unspecified atom stereocenters. The Morgan fingerprint density at radius 2 is 1.24 bits per heavy atom. The Morgan fingerprint density at radius 3 is 2.00 bits per heavy atom. The molecule has 0 amide bonds. The summed E-state index contributed by atoms with van der Waals surface area (Å²) in [6.07, 6.45) is 24.2. The molecule has 0 N–H and O–H groups in total. The highest BCUT2D eigenvalue weighted by Crippen LogP contribution is 2.51. The lowest BCUT2D eigenvalue weighted by molar-refractivity contribution is 0.0710. The molecule has 1 aromatic carbocycles. The van der Waals surface area contributed by atoms with E-state index in [1.165, 1.54) is 64.2 Å². The smallest absolute Gasteiger partial charge is 0.0159 e. The zero-order chi connectivity index (χ0) is 19.9. The largest absolute Gasteiger partial charge is 0.0654 e. The quantitative estimate of drug-likeness (QED) is 0.385. The predicted molar refractivity (Wildman–Crippen MR) is 126 cm³/mol. The van der Waals surface area contributed by atoms with E-state index in [9.17, 15) is 0 Å². The maximum absolute atomic E-state index is 2.37. The van der Waals surface area contributed by atoms with Crippen molar-refractivity contribution in [2.24, 2.45) is 29.6 Å². The molecule has 3 saturated carbocycles. The van der Waals surface area contributed by atoms with Gasteiger partial charge < -0.3 is 0 Å². The highest BCUT2D eigenvalue weighted by molar-refractivity contribution is 5.20. The van der Waals surface area contributed by atoms with Gasteiger partial charge in [0.25, 0.3) is 0 Å². The van der Waals surface area contributed by atoms with Crippen molar-refractivity contribution in [1.82, 2.24) is 0 Å². The van der Waals surface area contributed by atoms with E-state index in [0.29, 0.717) is 0 Å². The van der Waals surface area contributed by atoms with Crippen LogP contribution in [0.1, 0.15) is 121 Å². The number of hydrogen-bond donors (Lipinski definition) is 0. The molecule has 3 aliphatic rings. The van der Waals surface area contributed by atoms with Crippen LogP contribution in [-0.4, -0.2) is 0 Å². The molecule has 0 nitrogen and oxygen atoms in total. The van der Waals surface area contributed by atoms with Gasteiger partial charge in [-0.1, -0.05) is 88.6 Å². The Hall–Kier alpha value is -0.780. The maximum atomic E-state index is 2.37. The van der Waals surface area contributed by atoms with Crippen molar-refractivity contribution in [3.8, 4) is 0 Å². The Bertz CT molecular complexity index is 567. The molecule has 3 fully saturated rings. The van der Waals surface area contributed by atoms with Crippen molar-refractivity contribution in [2.75, 3.05) is 0 Å². The van der Waals surface area contributed by atoms with Gasteiger partial charge in [0.05, 0.1) is 0 Å². The van der Waals surface area contributed by atoms with E-state index in [4.69, 9.17) is 0 Å². The van der Waals surface area contributed by atoms with Crippen molar-refractivity contribution in [3.05, 3.63) is 35.9 Å². The van der Waals surface area contributed by atoms with Gasteiger partial charge in [-0.15, -0.1) is 0 Å². The third kappa shape index (κ3) is 5.89. The van der Waals surface area contributed by atoms with Crippen LogP contribution < -0.4 is 0 Å². The molecule has 29 heavy (non-hydrogen) atoms. The fourth-order valence-corrected chi connectivity index (χ4v) is 7.37. The zero-order valence-electron chi connectivity index (χ0n) is 19.2. The standard InChI is InChI=1S/C29H46/c1-2-3-4-5-7-10-23-13-15-25(16-14-23)27-18-20-28-21-26(17-19-29(28)22-27)24-11-8-6-9-12-24/h6,8-9,11-12,23,25-29H,2-5,7,10,13-22H2,1H3. The zero-order valence-corrected chi connectivity index (χ0v) is 19.2. The van der Waals surface area contributed by atoms with Gasteiger partial charge in [0.15, 0.2) is 0 Å². The second-order valence-corrected chi connectivity index (χ2v) is 11.0. The Balaban J connectivity index is 1.18. The molecular weight excluding hydrogens is 348 g/mol. The van der Waals surface area contributed by atoms with Crippen LogP contribution in [-0.2, 0) is 0 Å². The van der Waals surface area contributed by atoms with E-state index < -0.39 is 0 Å². The molecule has 3 aliphatic carbocycles. The summed E-state index contributed by atoms with van der Waals surface area (Å²) in [5.74, 6) is 6.18. The van der Waals surface area contributed by atoms with Gasteiger partial charge in [0.1, 0.15) is 0 Å². The summed E-state index contributed by atoms with van der Waals surface area (Å²) in [6, 6.07) is 11.4. The van der Waals surface area contributed by atoms with E-state index in [-0.39, 0.29) is 0 Å². The second kappa shape index (κ2) is 11.0. The molecule has 0 heteroatoms. The minimum Gasteiger partial charge on any atom is -0.0654 e. The highest BCUT2D eigenvalue weighted by Gasteiger charge is 2.38. The third-order valence-corrected chi connectivity index (χ3v) is 9.20. The molecule has 0 bridgehead atoms. The number of hydrogen-bond acceptors (Lipinski definition) is 0. The fraction of sp³-hybridized carbons (Fsp3) is 0.793. The number of unbranched alkanes of at least 4 members (excludes halogenated alkanes) is 4. The van der Waals surface area contributed by atoms with E-state index in [2.05, 4.69) is 37.3 Å². The van der Waals surface area contributed by atoms with Crippen LogP contribution in [0.4, 0.5) is 0 Å². The highest BCUT2D eigenvalue weighted by atomic mass is 14.4. The van der Waals surface area contributed by atoms with Crippen molar-refractivity contribution < 1.29 is 0 Å². The molecular formula is C29H46. The Kier molecular flexibility index (Phi) is 8.15. The van der Waals surface area contributed by atoms with E-state index in [0.717, 1.165) is 35.5 Å². The summed E-state index contributed by atoms with van der Waals surface area (Å²) in [5.41, 5.74) is 1.61. The van der Waals surface area contributed by atoms with Crippen LogP contribution in [0.25, 0.3) is 0 Å².